The van der Waals surface area contributed by atoms with Crippen LogP contribution in [-0.4, -0.2) is 42.4 Å². The Balaban J connectivity index is 1.78. The Morgan fingerprint density at radius 3 is 2.70 bits per heavy atom. The number of aromatic nitrogens is 1. The van der Waals surface area contributed by atoms with Gasteiger partial charge in [-0.1, -0.05) is 6.07 Å². The van der Waals surface area contributed by atoms with Crippen LogP contribution in [-0.2, 0) is 9.59 Å². The van der Waals surface area contributed by atoms with Crippen molar-refractivity contribution >= 4 is 28.3 Å². The van der Waals surface area contributed by atoms with Crippen molar-refractivity contribution in [2.75, 3.05) is 30.9 Å². The molecule has 4 rings (SSSR count). The minimum absolute atomic E-state index is 0.0576. The molecule has 1 aromatic heterocycles. The molecule has 0 radical (unpaired) electrons. The maximum atomic E-state index is 12.2. The number of carbonyl (C=O) groups is 2. The zero-order chi connectivity index (χ0) is 23.0. The van der Waals surface area contributed by atoms with Gasteiger partial charge in [0.1, 0.15) is 6.04 Å². The summed E-state index contributed by atoms with van der Waals surface area (Å²) in [6.07, 6.45) is 3.80. The smallest absolute Gasteiger partial charge is 0.249 e. The van der Waals surface area contributed by atoms with Crippen molar-refractivity contribution in [2.45, 2.75) is 18.9 Å². The Hall–Kier alpha value is -2.34. The van der Waals surface area contributed by atoms with E-state index in [2.05, 4.69) is 5.32 Å². The number of anilines is 1. The Morgan fingerprint density at radius 2 is 1.91 bits per heavy atom. The molecule has 2 aromatic rings. The highest BCUT2D eigenvalue weighted by atomic mass is 16.2. The number of imide groups is 1. The van der Waals surface area contributed by atoms with Crippen LogP contribution in [0.2, 0.25) is 0 Å². The number of benzene rings is 1. The highest BCUT2D eigenvalue weighted by molar-refractivity contribution is 5.99. The quantitative estimate of drug-likeness (QED) is 0.811. The molecule has 1 unspecified atom stereocenters. The molecule has 2 aliphatic rings. The van der Waals surface area contributed by atoms with Crippen LogP contribution in [0.5, 0.6) is 0 Å². The van der Waals surface area contributed by atoms with Crippen LogP contribution in [0, 0.1) is 0 Å². The van der Waals surface area contributed by atoms with Gasteiger partial charge in [-0.05, 0) is 23.9 Å². The van der Waals surface area contributed by atoms with Gasteiger partial charge in [-0.25, -0.2) is 0 Å². The molecule has 0 bridgehead atoms. The molecule has 2 fully saturated rings. The molecule has 1 atom stereocenters. The molecule has 0 aliphatic carbocycles. The topological polar surface area (TPSA) is 66.4 Å². The van der Waals surface area contributed by atoms with Crippen molar-refractivity contribution in [3.8, 4) is 0 Å². The van der Waals surface area contributed by atoms with Crippen LogP contribution in [0.4, 0.5) is 5.69 Å². The molecule has 23 heavy (non-hydrogen) atoms. The largest absolute Gasteiger partial charge is 0.369 e. The molecular formula is C17H20N4O2. The van der Waals surface area contributed by atoms with E-state index in [4.69, 9.17) is 11.0 Å². The lowest BCUT2D eigenvalue weighted by Gasteiger charge is -2.29. The van der Waals surface area contributed by atoms with Crippen molar-refractivity contribution in [3.05, 3.63) is 30.6 Å². The molecule has 2 aliphatic heterocycles. The average Bonchev–Trinajstić information content (AvgIpc) is 3.02. The second-order valence-corrected chi connectivity index (χ2v) is 5.42. The van der Waals surface area contributed by atoms with Gasteiger partial charge in [0, 0.05) is 61.4 Å². The summed E-state index contributed by atoms with van der Waals surface area (Å²) < 4.78 is 66.3. The zero-order valence-electron chi connectivity index (χ0n) is 20.1. The summed E-state index contributed by atoms with van der Waals surface area (Å²) in [4.78, 5) is 24.0. The molecule has 120 valence electrons. The summed E-state index contributed by atoms with van der Waals surface area (Å²) in [5, 5.41) is 5.27. The van der Waals surface area contributed by atoms with E-state index in [1.807, 2.05) is 0 Å². The molecular weight excluding hydrogens is 292 g/mol. The van der Waals surface area contributed by atoms with E-state index in [1.165, 1.54) is 12.1 Å². The van der Waals surface area contributed by atoms with Gasteiger partial charge >= 0.3 is 0 Å². The van der Waals surface area contributed by atoms with Crippen molar-refractivity contribution in [3.63, 3.8) is 0 Å². The second-order valence-electron chi connectivity index (χ2n) is 5.42. The minimum atomic E-state index is -2.93. The molecule has 0 saturated carbocycles. The van der Waals surface area contributed by atoms with Gasteiger partial charge in [0.05, 0.1) is 5.48 Å². The van der Waals surface area contributed by atoms with E-state index in [-0.39, 0.29) is 18.0 Å². The number of carbonyl (C=O) groups excluding carboxylic acids is 2. The molecule has 3 heterocycles. The summed E-state index contributed by atoms with van der Waals surface area (Å²) in [6, 6.07) is 3.76. The lowest BCUT2D eigenvalue weighted by molar-refractivity contribution is -0.135. The third-order valence-corrected chi connectivity index (χ3v) is 3.94. The SMILES string of the molecule is [2H]C1([2H])NC([2H])([2H])C([2H])([2H])N(c2ccc3cn(C4CCC(=O)NC4=O)cc3c2)C1([2H])[2H]. The van der Waals surface area contributed by atoms with E-state index in [0.29, 0.717) is 22.1 Å². The molecule has 1 aromatic carbocycles. The maximum Gasteiger partial charge on any atom is 0.249 e. The number of piperazine rings is 1. The van der Waals surface area contributed by atoms with Crippen molar-refractivity contribution in [2.24, 2.45) is 0 Å². The molecule has 0 spiro atoms. The van der Waals surface area contributed by atoms with Crippen LogP contribution < -0.4 is 15.5 Å². The highest BCUT2D eigenvalue weighted by Gasteiger charge is 2.27. The zero-order valence-corrected chi connectivity index (χ0v) is 12.1. The van der Waals surface area contributed by atoms with Crippen molar-refractivity contribution in [1.82, 2.24) is 15.2 Å². The van der Waals surface area contributed by atoms with E-state index >= 15 is 0 Å². The first kappa shape index (κ1) is 7.97. The van der Waals surface area contributed by atoms with E-state index in [1.54, 1.807) is 28.3 Å². The van der Waals surface area contributed by atoms with Gasteiger partial charge in [-0.3, -0.25) is 14.9 Å². The molecule has 6 heteroatoms. The lowest BCUT2D eigenvalue weighted by Crippen LogP contribution is -2.43. The Bertz CT molecular complexity index is 1060. The standard InChI is InChI=1S/C17H20N4O2/c22-16-4-3-15(17(23)19-16)21-10-12-1-2-14(9-13(12)11-21)20-7-5-18-6-8-20/h1-2,9-11,15,18H,3-8H2,(H,19,22,23)/i5D2,6D2,7D2,8D2. The normalized spacial score (nSPS) is 36.3. The highest BCUT2D eigenvalue weighted by Crippen LogP contribution is 2.27. The van der Waals surface area contributed by atoms with Gasteiger partial charge in [-0.2, -0.15) is 0 Å². The van der Waals surface area contributed by atoms with Gasteiger partial charge in [0.15, 0.2) is 0 Å². The van der Waals surface area contributed by atoms with Gasteiger partial charge < -0.3 is 14.8 Å². The van der Waals surface area contributed by atoms with Crippen molar-refractivity contribution in [1.29, 1.82) is 0 Å². The summed E-state index contributed by atoms with van der Waals surface area (Å²) in [7, 11) is 0. The fourth-order valence-corrected chi connectivity index (χ4v) is 2.79. The summed E-state index contributed by atoms with van der Waals surface area (Å²) in [5.74, 6) is -0.778. The second kappa shape index (κ2) is 5.70. The predicted molar refractivity (Wildman–Crippen MR) is 88.4 cm³/mol. The van der Waals surface area contributed by atoms with Crippen LogP contribution in [0.15, 0.2) is 30.6 Å². The fourth-order valence-electron chi connectivity index (χ4n) is 2.79. The molecule has 6 nitrogen and oxygen atoms in total. The average molecular weight is 320 g/mol. The third kappa shape index (κ3) is 2.70. The Labute approximate surface area is 145 Å². The van der Waals surface area contributed by atoms with E-state index in [0.717, 1.165) is 0 Å². The fraction of sp³-hybridized carbons (Fsp3) is 0.412. The summed E-state index contributed by atoms with van der Waals surface area (Å²) >= 11 is 0. The monoisotopic (exact) mass is 320 g/mol. The Kier molecular flexibility index (Phi) is 1.97. The van der Waals surface area contributed by atoms with Gasteiger partial charge in [0.25, 0.3) is 0 Å². The van der Waals surface area contributed by atoms with Crippen LogP contribution in [0.25, 0.3) is 10.8 Å². The number of nitrogens with zero attached hydrogens (tertiary/aromatic N) is 2. The Morgan fingerprint density at radius 1 is 1.13 bits per heavy atom. The minimum Gasteiger partial charge on any atom is -0.369 e. The maximum absolute atomic E-state index is 12.2. The number of fused-ring (bicyclic) bond motifs is 1. The molecule has 2 N–H and O–H groups in total. The summed E-state index contributed by atoms with van der Waals surface area (Å²) in [5.41, 5.74) is -0.0576. The van der Waals surface area contributed by atoms with Crippen molar-refractivity contribution < 1.29 is 20.6 Å². The number of piperidine rings is 1. The summed E-state index contributed by atoms with van der Waals surface area (Å²) in [6.45, 7) is -11.6. The number of hydrogen-bond donors (Lipinski definition) is 2. The van der Waals surface area contributed by atoms with Crippen LogP contribution in [0.3, 0.4) is 0 Å². The van der Waals surface area contributed by atoms with Gasteiger partial charge in [0.2, 0.25) is 11.8 Å². The first-order valence-electron chi connectivity index (χ1n) is 11.2. The van der Waals surface area contributed by atoms with E-state index < -0.39 is 37.9 Å². The first-order chi connectivity index (χ1) is 14.2. The number of amides is 2. The van der Waals surface area contributed by atoms with Crippen LogP contribution >= 0.6 is 0 Å². The first-order valence-corrected chi connectivity index (χ1v) is 7.22. The number of hydrogen-bond acceptors (Lipinski definition) is 4. The molecule has 2 amide bonds. The van der Waals surface area contributed by atoms with Gasteiger partial charge in [-0.15, -0.1) is 0 Å². The third-order valence-electron chi connectivity index (χ3n) is 3.94. The predicted octanol–water partition coefficient (Wildman–Crippen LogP) is 1.03. The lowest BCUT2D eigenvalue weighted by atomic mass is 10.1. The number of nitrogens with one attached hydrogen (secondary N) is 2. The molecule has 2 saturated heterocycles. The van der Waals surface area contributed by atoms with E-state index in [9.17, 15) is 9.59 Å². The van der Waals surface area contributed by atoms with Crippen LogP contribution in [0.1, 0.15) is 29.8 Å². The number of rotatable bonds is 2.